The number of rotatable bonds is 3. The van der Waals surface area contributed by atoms with Gasteiger partial charge in [0.15, 0.2) is 0 Å². The zero-order valence-corrected chi connectivity index (χ0v) is 11.0. The summed E-state index contributed by atoms with van der Waals surface area (Å²) in [6.45, 7) is 5.72. The molecule has 0 aromatic carbocycles. The minimum atomic E-state index is 0.158. The molecule has 1 fully saturated rings. The Kier molecular flexibility index (Phi) is 4.15. The molecule has 0 aliphatic carbocycles. The van der Waals surface area contributed by atoms with Crippen LogP contribution < -0.4 is 10.2 Å². The van der Waals surface area contributed by atoms with Crippen molar-refractivity contribution in [3.05, 3.63) is 23.9 Å². The molecule has 2 rings (SSSR count). The fraction of sp³-hybridized carbons (Fsp3) is 0.538. The molecular formula is C13H20N4O. The second-order valence-corrected chi connectivity index (χ2v) is 4.51. The summed E-state index contributed by atoms with van der Waals surface area (Å²) >= 11 is 0. The third-order valence-corrected chi connectivity index (χ3v) is 3.26. The predicted molar refractivity (Wildman–Crippen MR) is 71.5 cm³/mol. The molecule has 0 bridgehead atoms. The largest absolute Gasteiger partial charge is 0.353 e. The third kappa shape index (κ3) is 2.79. The lowest BCUT2D eigenvalue weighted by molar-refractivity contribution is -0.129. The zero-order valence-electron chi connectivity index (χ0n) is 11.0. The van der Waals surface area contributed by atoms with Crippen LogP contribution in [0.3, 0.4) is 0 Å². The minimum absolute atomic E-state index is 0.158. The fourth-order valence-corrected chi connectivity index (χ4v) is 2.28. The van der Waals surface area contributed by atoms with E-state index in [-0.39, 0.29) is 5.91 Å². The summed E-state index contributed by atoms with van der Waals surface area (Å²) in [5.74, 6) is 1.20. The lowest BCUT2D eigenvalue weighted by Crippen LogP contribution is -2.48. The monoisotopic (exact) mass is 248 g/mol. The lowest BCUT2D eigenvalue weighted by Gasteiger charge is -2.35. The van der Waals surface area contributed by atoms with Crippen LogP contribution in [0.25, 0.3) is 0 Å². The number of pyridine rings is 1. The molecule has 0 saturated carbocycles. The van der Waals surface area contributed by atoms with Gasteiger partial charge in [-0.05, 0) is 13.1 Å². The Labute approximate surface area is 108 Å². The molecule has 1 aromatic rings. The molecule has 0 radical (unpaired) electrons. The first-order valence-electron chi connectivity index (χ1n) is 6.31. The van der Waals surface area contributed by atoms with E-state index in [0.29, 0.717) is 0 Å². The van der Waals surface area contributed by atoms with E-state index in [4.69, 9.17) is 0 Å². The maximum absolute atomic E-state index is 11.3. The number of hydrogen-bond donors (Lipinski definition) is 1. The second-order valence-electron chi connectivity index (χ2n) is 4.51. The van der Waals surface area contributed by atoms with E-state index in [1.165, 1.54) is 5.56 Å². The summed E-state index contributed by atoms with van der Waals surface area (Å²) in [5, 5.41) is 3.16. The average molecular weight is 248 g/mol. The first-order valence-corrected chi connectivity index (χ1v) is 6.31. The van der Waals surface area contributed by atoms with E-state index in [9.17, 15) is 4.79 Å². The first kappa shape index (κ1) is 12.8. The molecule has 18 heavy (non-hydrogen) atoms. The molecule has 5 nitrogen and oxygen atoms in total. The van der Waals surface area contributed by atoms with Crippen LogP contribution >= 0.6 is 0 Å². The molecule has 1 aromatic heterocycles. The smallest absolute Gasteiger partial charge is 0.219 e. The van der Waals surface area contributed by atoms with Gasteiger partial charge in [0.05, 0.1) is 0 Å². The van der Waals surface area contributed by atoms with Gasteiger partial charge in [0.2, 0.25) is 5.91 Å². The summed E-state index contributed by atoms with van der Waals surface area (Å²) in [4.78, 5) is 19.9. The molecule has 1 amide bonds. The van der Waals surface area contributed by atoms with Crippen molar-refractivity contribution in [2.45, 2.75) is 13.5 Å². The van der Waals surface area contributed by atoms with Crippen molar-refractivity contribution in [3.63, 3.8) is 0 Å². The Morgan fingerprint density at radius 3 is 2.72 bits per heavy atom. The van der Waals surface area contributed by atoms with Crippen molar-refractivity contribution in [2.24, 2.45) is 0 Å². The lowest BCUT2D eigenvalue weighted by atomic mass is 10.2. The Morgan fingerprint density at radius 2 is 2.11 bits per heavy atom. The van der Waals surface area contributed by atoms with Gasteiger partial charge in [-0.25, -0.2) is 4.98 Å². The van der Waals surface area contributed by atoms with E-state index in [1.807, 2.05) is 24.2 Å². The quantitative estimate of drug-likeness (QED) is 0.845. The molecular weight excluding hydrogens is 228 g/mol. The number of anilines is 1. The van der Waals surface area contributed by atoms with Crippen LogP contribution in [-0.4, -0.2) is 49.0 Å². The van der Waals surface area contributed by atoms with Gasteiger partial charge in [-0.15, -0.1) is 0 Å². The average Bonchev–Trinajstić information content (AvgIpc) is 2.40. The van der Waals surface area contributed by atoms with Gasteiger partial charge >= 0.3 is 0 Å². The van der Waals surface area contributed by atoms with Gasteiger partial charge in [-0.2, -0.15) is 0 Å². The number of nitrogens with zero attached hydrogens (tertiary/aromatic N) is 3. The molecule has 1 aliphatic rings. The summed E-state index contributed by atoms with van der Waals surface area (Å²) < 4.78 is 0. The van der Waals surface area contributed by atoms with E-state index in [1.54, 1.807) is 6.92 Å². The number of aromatic nitrogens is 1. The fourth-order valence-electron chi connectivity index (χ4n) is 2.28. The van der Waals surface area contributed by atoms with Crippen LogP contribution in [0.4, 0.5) is 5.82 Å². The Morgan fingerprint density at radius 1 is 1.39 bits per heavy atom. The Balaban J connectivity index is 2.07. The molecule has 5 heteroatoms. The van der Waals surface area contributed by atoms with Crippen molar-refractivity contribution in [1.82, 2.24) is 15.2 Å². The maximum Gasteiger partial charge on any atom is 0.219 e. The summed E-state index contributed by atoms with van der Waals surface area (Å²) in [7, 11) is 1.93. The number of carbonyl (C=O) groups is 1. The van der Waals surface area contributed by atoms with Gasteiger partial charge < -0.3 is 15.1 Å². The van der Waals surface area contributed by atoms with Crippen LogP contribution in [0.2, 0.25) is 0 Å². The number of piperazine rings is 1. The van der Waals surface area contributed by atoms with Gasteiger partial charge in [0, 0.05) is 51.4 Å². The highest BCUT2D eigenvalue weighted by Gasteiger charge is 2.20. The third-order valence-electron chi connectivity index (χ3n) is 3.26. The normalized spacial score (nSPS) is 15.9. The Hall–Kier alpha value is -1.62. The van der Waals surface area contributed by atoms with Crippen LogP contribution in [0.15, 0.2) is 18.3 Å². The molecule has 2 heterocycles. The highest BCUT2D eigenvalue weighted by atomic mass is 16.2. The molecule has 98 valence electrons. The minimum Gasteiger partial charge on any atom is -0.353 e. The summed E-state index contributed by atoms with van der Waals surface area (Å²) in [5.41, 5.74) is 1.20. The van der Waals surface area contributed by atoms with E-state index >= 15 is 0 Å². The number of carbonyl (C=O) groups excluding carboxylic acids is 1. The molecule has 1 saturated heterocycles. The topological polar surface area (TPSA) is 48.5 Å². The zero-order chi connectivity index (χ0) is 13.0. The highest BCUT2D eigenvalue weighted by Crippen LogP contribution is 2.18. The SMILES string of the molecule is CNCc1cccnc1N1CCN(C(C)=O)CC1. The maximum atomic E-state index is 11.3. The van der Waals surface area contributed by atoms with Gasteiger partial charge in [0.25, 0.3) is 0 Å². The molecule has 0 spiro atoms. The van der Waals surface area contributed by atoms with Crippen molar-refractivity contribution >= 4 is 11.7 Å². The summed E-state index contributed by atoms with van der Waals surface area (Å²) in [6.07, 6.45) is 1.83. The van der Waals surface area contributed by atoms with Gasteiger partial charge in [-0.1, -0.05) is 6.07 Å². The van der Waals surface area contributed by atoms with Gasteiger partial charge in [-0.3, -0.25) is 4.79 Å². The number of amides is 1. The molecule has 1 aliphatic heterocycles. The Bertz CT molecular complexity index is 413. The van der Waals surface area contributed by atoms with Gasteiger partial charge in [0.1, 0.15) is 5.82 Å². The van der Waals surface area contributed by atoms with Crippen LogP contribution in [-0.2, 0) is 11.3 Å². The van der Waals surface area contributed by atoms with E-state index in [0.717, 1.165) is 38.5 Å². The van der Waals surface area contributed by atoms with Crippen molar-refractivity contribution in [2.75, 3.05) is 38.1 Å². The van der Waals surface area contributed by atoms with Crippen molar-refractivity contribution < 1.29 is 4.79 Å². The number of nitrogens with one attached hydrogen (secondary N) is 1. The second kappa shape index (κ2) is 5.82. The first-order chi connectivity index (χ1) is 8.72. The van der Waals surface area contributed by atoms with Crippen molar-refractivity contribution in [3.8, 4) is 0 Å². The molecule has 1 N–H and O–H groups in total. The highest BCUT2D eigenvalue weighted by molar-refractivity contribution is 5.73. The van der Waals surface area contributed by atoms with Crippen LogP contribution in [0.1, 0.15) is 12.5 Å². The predicted octanol–water partition coefficient (Wildman–Crippen LogP) is 0.469. The van der Waals surface area contributed by atoms with Crippen LogP contribution in [0, 0.1) is 0 Å². The molecule has 0 atom stereocenters. The van der Waals surface area contributed by atoms with Crippen molar-refractivity contribution in [1.29, 1.82) is 0 Å². The van der Waals surface area contributed by atoms with Crippen LogP contribution in [0.5, 0.6) is 0 Å². The summed E-state index contributed by atoms with van der Waals surface area (Å²) in [6, 6.07) is 4.05. The molecule has 0 unspecified atom stereocenters. The number of hydrogen-bond acceptors (Lipinski definition) is 4. The standard InChI is InChI=1S/C13H20N4O/c1-11(18)16-6-8-17(9-7-16)13-12(10-14-2)4-3-5-15-13/h3-5,14H,6-10H2,1-2H3. The van der Waals surface area contributed by atoms with E-state index < -0.39 is 0 Å². The van der Waals surface area contributed by atoms with E-state index in [2.05, 4.69) is 21.3 Å².